The smallest absolute Gasteiger partial charge is 0.389 e. The van der Waals surface area contributed by atoms with E-state index in [9.17, 15) is 8.78 Å². The maximum Gasteiger partial charge on any atom is 0.389 e. The molecule has 0 radical (unpaired) electrons. The molecule has 1 aliphatic rings. The van der Waals surface area contributed by atoms with Crippen molar-refractivity contribution < 1.29 is 18.3 Å². The second-order valence-corrected chi connectivity index (χ2v) is 2.92. The van der Waals surface area contributed by atoms with Crippen molar-refractivity contribution in [2.24, 2.45) is 0 Å². The number of nitrogens with zero attached hydrogens (tertiary/aromatic N) is 2. The maximum absolute atomic E-state index is 11.9. The van der Waals surface area contributed by atoms with E-state index in [2.05, 4.69) is 20.0 Å². The van der Waals surface area contributed by atoms with E-state index in [-0.39, 0.29) is 11.9 Å². The summed E-state index contributed by atoms with van der Waals surface area (Å²) in [5.41, 5.74) is 1.43. The lowest BCUT2D eigenvalue weighted by Gasteiger charge is -2.07. The van der Waals surface area contributed by atoms with Gasteiger partial charge in [0.1, 0.15) is 0 Å². The Bertz CT molecular complexity index is 373. The van der Waals surface area contributed by atoms with E-state index in [1.807, 2.05) is 0 Å². The summed E-state index contributed by atoms with van der Waals surface area (Å²) >= 11 is 0. The highest BCUT2D eigenvalue weighted by atomic mass is 19.3. The summed E-state index contributed by atoms with van der Waals surface area (Å²) in [6.07, 6.45) is 0. The summed E-state index contributed by atoms with van der Waals surface area (Å²) in [4.78, 5) is 7.57. The van der Waals surface area contributed by atoms with Gasteiger partial charge in [-0.05, 0) is 0 Å². The first kappa shape index (κ1) is 10.0. The van der Waals surface area contributed by atoms with Gasteiger partial charge in [0.2, 0.25) is 5.88 Å². The predicted molar refractivity (Wildman–Crippen MR) is 45.8 cm³/mol. The fourth-order valence-corrected chi connectivity index (χ4v) is 1.42. The number of methoxy groups -OCH3 is 1. The van der Waals surface area contributed by atoms with Crippen molar-refractivity contribution in [2.45, 2.75) is 19.7 Å². The Morgan fingerprint density at radius 3 is 2.80 bits per heavy atom. The molecule has 0 spiro atoms. The number of alkyl halides is 2. The maximum atomic E-state index is 11.9. The molecule has 0 saturated heterocycles. The third kappa shape index (κ3) is 1.96. The molecule has 0 aliphatic carbocycles. The lowest BCUT2D eigenvalue weighted by molar-refractivity contribution is -0.0564. The normalized spacial score (nSPS) is 14.1. The molecule has 0 bridgehead atoms. The topological polar surface area (TPSA) is 56.3 Å². The van der Waals surface area contributed by atoms with Gasteiger partial charge in [-0.2, -0.15) is 18.7 Å². The van der Waals surface area contributed by atoms with Gasteiger partial charge in [-0.3, -0.25) is 0 Å². The van der Waals surface area contributed by atoms with E-state index >= 15 is 0 Å². The number of rotatable bonds is 3. The summed E-state index contributed by atoms with van der Waals surface area (Å²) in [6, 6.07) is -0.357. The number of hydrogen-bond acceptors (Lipinski definition) is 5. The first-order valence-corrected chi connectivity index (χ1v) is 4.30. The highest BCUT2D eigenvalue weighted by Gasteiger charge is 2.21. The fourth-order valence-electron chi connectivity index (χ4n) is 1.42. The van der Waals surface area contributed by atoms with Crippen LogP contribution in [0.2, 0.25) is 0 Å². The average molecular weight is 217 g/mol. The van der Waals surface area contributed by atoms with Crippen LogP contribution in [0.1, 0.15) is 11.3 Å². The Labute approximate surface area is 84.4 Å². The van der Waals surface area contributed by atoms with Crippen LogP contribution in [0.25, 0.3) is 0 Å². The minimum atomic E-state index is -2.93. The molecule has 82 valence electrons. The molecule has 0 unspecified atom stereocenters. The Morgan fingerprint density at radius 1 is 1.33 bits per heavy atom. The monoisotopic (exact) mass is 217 g/mol. The van der Waals surface area contributed by atoms with Crippen LogP contribution in [0.15, 0.2) is 0 Å². The highest BCUT2D eigenvalue weighted by molar-refractivity contribution is 5.34. The summed E-state index contributed by atoms with van der Waals surface area (Å²) < 4.78 is 33.0. The Morgan fingerprint density at radius 2 is 2.13 bits per heavy atom. The molecule has 15 heavy (non-hydrogen) atoms. The van der Waals surface area contributed by atoms with Gasteiger partial charge in [0, 0.05) is 13.1 Å². The largest absolute Gasteiger partial charge is 0.481 e. The van der Waals surface area contributed by atoms with Gasteiger partial charge in [-0.15, -0.1) is 0 Å². The zero-order valence-electron chi connectivity index (χ0n) is 7.96. The highest BCUT2D eigenvalue weighted by Crippen LogP contribution is 2.25. The van der Waals surface area contributed by atoms with Crippen molar-refractivity contribution in [2.75, 3.05) is 7.11 Å². The number of nitrogens with one attached hydrogen (secondary N) is 1. The van der Waals surface area contributed by atoms with Crippen molar-refractivity contribution in [3.63, 3.8) is 0 Å². The van der Waals surface area contributed by atoms with Crippen molar-refractivity contribution in [3.05, 3.63) is 11.3 Å². The van der Waals surface area contributed by atoms with Crippen LogP contribution in [0.4, 0.5) is 8.78 Å². The first-order valence-electron chi connectivity index (χ1n) is 4.30. The van der Waals surface area contributed by atoms with Crippen LogP contribution in [0.5, 0.6) is 11.9 Å². The van der Waals surface area contributed by atoms with E-state index in [1.54, 1.807) is 0 Å². The van der Waals surface area contributed by atoms with Gasteiger partial charge in [-0.25, -0.2) is 0 Å². The first-order chi connectivity index (χ1) is 7.20. The molecule has 0 saturated carbocycles. The van der Waals surface area contributed by atoms with E-state index in [0.29, 0.717) is 18.8 Å². The molecule has 1 aliphatic heterocycles. The summed E-state index contributed by atoms with van der Waals surface area (Å²) in [5, 5.41) is 3.02. The lowest BCUT2D eigenvalue weighted by atomic mass is 10.3. The average Bonchev–Trinajstić information content (AvgIpc) is 2.63. The van der Waals surface area contributed by atoms with Gasteiger partial charge < -0.3 is 14.8 Å². The van der Waals surface area contributed by atoms with Crippen LogP contribution in [-0.4, -0.2) is 23.7 Å². The summed E-state index contributed by atoms with van der Waals surface area (Å²) in [6.45, 7) is -1.84. The Hall–Kier alpha value is -1.50. The second kappa shape index (κ2) is 3.93. The Balaban J connectivity index is 2.34. The molecule has 2 heterocycles. The lowest BCUT2D eigenvalue weighted by Crippen LogP contribution is -2.08. The third-order valence-electron chi connectivity index (χ3n) is 2.02. The van der Waals surface area contributed by atoms with Gasteiger partial charge in [0.15, 0.2) is 0 Å². The molecule has 0 amide bonds. The molecule has 7 heteroatoms. The number of ether oxygens (including phenoxy) is 2. The van der Waals surface area contributed by atoms with Crippen molar-refractivity contribution in [1.82, 2.24) is 15.3 Å². The summed E-state index contributed by atoms with van der Waals surface area (Å²) in [7, 11) is 1.42. The van der Waals surface area contributed by atoms with E-state index in [1.165, 1.54) is 7.11 Å². The van der Waals surface area contributed by atoms with Gasteiger partial charge in [0.25, 0.3) is 0 Å². The predicted octanol–water partition coefficient (Wildman–Crippen LogP) is 0.690. The quantitative estimate of drug-likeness (QED) is 0.807. The van der Waals surface area contributed by atoms with Gasteiger partial charge in [-0.1, -0.05) is 0 Å². The molecule has 1 aromatic heterocycles. The molecule has 1 N–H and O–H groups in total. The van der Waals surface area contributed by atoms with Crippen LogP contribution >= 0.6 is 0 Å². The second-order valence-electron chi connectivity index (χ2n) is 2.92. The van der Waals surface area contributed by atoms with Crippen molar-refractivity contribution in [3.8, 4) is 11.9 Å². The molecule has 0 aromatic carbocycles. The molecular weight excluding hydrogens is 208 g/mol. The molecule has 1 aromatic rings. The standard InChI is InChI=1S/C8H9F2N3O2/c1-14-6-4-2-11-3-5(4)12-8(13-6)15-7(9)10/h7,11H,2-3H2,1H3. The van der Waals surface area contributed by atoms with Crippen LogP contribution in [0.3, 0.4) is 0 Å². The summed E-state index contributed by atoms with van der Waals surface area (Å²) in [5.74, 6) is 0.278. The minimum Gasteiger partial charge on any atom is -0.481 e. The molecule has 0 atom stereocenters. The number of fused-ring (bicyclic) bond motifs is 1. The number of aromatic nitrogens is 2. The van der Waals surface area contributed by atoms with Crippen molar-refractivity contribution >= 4 is 0 Å². The van der Waals surface area contributed by atoms with E-state index in [0.717, 1.165) is 5.56 Å². The third-order valence-corrected chi connectivity index (χ3v) is 2.02. The number of hydrogen-bond donors (Lipinski definition) is 1. The molecule has 0 fully saturated rings. The Kier molecular flexibility index (Phi) is 2.63. The fraction of sp³-hybridized carbons (Fsp3) is 0.500. The SMILES string of the molecule is COc1nc(OC(F)F)nc2c1CNC2. The molecule has 2 rings (SSSR count). The van der Waals surface area contributed by atoms with E-state index < -0.39 is 6.61 Å². The van der Waals surface area contributed by atoms with Gasteiger partial charge in [0.05, 0.1) is 18.4 Å². The van der Waals surface area contributed by atoms with Crippen LogP contribution in [-0.2, 0) is 13.1 Å². The van der Waals surface area contributed by atoms with Gasteiger partial charge >= 0.3 is 12.6 Å². The van der Waals surface area contributed by atoms with E-state index in [4.69, 9.17) is 4.74 Å². The molecular formula is C8H9F2N3O2. The zero-order chi connectivity index (χ0) is 10.8. The molecule has 5 nitrogen and oxygen atoms in total. The van der Waals surface area contributed by atoms with Crippen LogP contribution < -0.4 is 14.8 Å². The van der Waals surface area contributed by atoms with Crippen molar-refractivity contribution in [1.29, 1.82) is 0 Å². The minimum absolute atomic E-state index is 0.278. The van der Waals surface area contributed by atoms with Crippen LogP contribution in [0, 0.1) is 0 Å². The number of halogens is 2. The zero-order valence-corrected chi connectivity index (χ0v) is 7.96.